The molecule has 1 amide bonds. The first-order valence-corrected chi connectivity index (χ1v) is 9.18. The SMILES string of the molecule is CC(C)(C)OC(=O)N[C@@H]1CC[C@@H](C(C(=O)O)C(=O)O)C[C@H]1c1ccc(F)cc1. The molecule has 0 spiro atoms. The number of rotatable bonds is 5. The fourth-order valence-corrected chi connectivity index (χ4v) is 3.72. The first-order valence-electron chi connectivity index (χ1n) is 9.18. The molecule has 8 heteroatoms. The zero-order chi connectivity index (χ0) is 21.1. The Labute approximate surface area is 162 Å². The van der Waals surface area contributed by atoms with E-state index in [9.17, 15) is 29.0 Å². The van der Waals surface area contributed by atoms with Crippen LogP contribution in [-0.4, -0.2) is 39.9 Å². The molecule has 0 radical (unpaired) electrons. The van der Waals surface area contributed by atoms with Crippen LogP contribution in [0.4, 0.5) is 9.18 Å². The lowest BCUT2D eigenvalue weighted by Gasteiger charge is -2.38. The van der Waals surface area contributed by atoms with E-state index in [1.165, 1.54) is 12.1 Å². The van der Waals surface area contributed by atoms with E-state index in [-0.39, 0.29) is 18.4 Å². The fourth-order valence-electron chi connectivity index (χ4n) is 3.72. The van der Waals surface area contributed by atoms with Gasteiger partial charge in [0.2, 0.25) is 0 Å². The van der Waals surface area contributed by atoms with Gasteiger partial charge in [-0.3, -0.25) is 9.59 Å². The number of alkyl carbamates (subject to hydrolysis) is 1. The van der Waals surface area contributed by atoms with E-state index in [0.29, 0.717) is 18.4 Å². The van der Waals surface area contributed by atoms with E-state index in [4.69, 9.17) is 4.74 Å². The van der Waals surface area contributed by atoms with E-state index in [2.05, 4.69) is 5.32 Å². The third-order valence-electron chi connectivity index (χ3n) is 4.89. The molecule has 1 aromatic rings. The molecule has 1 saturated carbocycles. The molecule has 28 heavy (non-hydrogen) atoms. The molecule has 0 aliphatic heterocycles. The molecular weight excluding hydrogens is 369 g/mol. The summed E-state index contributed by atoms with van der Waals surface area (Å²) in [5.41, 5.74) is 0.0337. The molecule has 0 aromatic heterocycles. The van der Waals surface area contributed by atoms with Crippen molar-refractivity contribution in [1.29, 1.82) is 0 Å². The van der Waals surface area contributed by atoms with Crippen molar-refractivity contribution in [3.8, 4) is 0 Å². The zero-order valence-electron chi connectivity index (χ0n) is 16.1. The Bertz CT molecular complexity index is 713. The number of carboxylic acid groups (broad SMARTS) is 2. The van der Waals surface area contributed by atoms with E-state index in [1.54, 1.807) is 32.9 Å². The Morgan fingerprint density at radius 3 is 2.18 bits per heavy atom. The number of hydrogen-bond acceptors (Lipinski definition) is 4. The summed E-state index contributed by atoms with van der Waals surface area (Å²) >= 11 is 0. The van der Waals surface area contributed by atoms with E-state index < -0.39 is 41.3 Å². The molecule has 154 valence electrons. The Balaban J connectivity index is 2.25. The highest BCUT2D eigenvalue weighted by Crippen LogP contribution is 2.40. The lowest BCUT2D eigenvalue weighted by molar-refractivity contribution is -0.158. The average molecular weight is 395 g/mol. The first-order chi connectivity index (χ1) is 13.0. The number of amides is 1. The second-order valence-electron chi connectivity index (χ2n) is 8.14. The van der Waals surface area contributed by atoms with Crippen molar-refractivity contribution in [2.24, 2.45) is 11.8 Å². The summed E-state index contributed by atoms with van der Waals surface area (Å²) in [6.45, 7) is 5.22. The fraction of sp³-hybridized carbons (Fsp3) is 0.550. The van der Waals surface area contributed by atoms with Crippen molar-refractivity contribution in [3.63, 3.8) is 0 Å². The molecule has 3 N–H and O–H groups in total. The minimum absolute atomic E-state index is 0.245. The monoisotopic (exact) mass is 395 g/mol. The summed E-state index contributed by atoms with van der Waals surface area (Å²) in [6, 6.07) is 5.34. The minimum Gasteiger partial charge on any atom is -0.481 e. The number of carboxylic acids is 2. The van der Waals surface area contributed by atoms with Crippen molar-refractivity contribution in [2.45, 2.75) is 57.6 Å². The first kappa shape index (κ1) is 21.7. The van der Waals surface area contributed by atoms with Gasteiger partial charge in [-0.2, -0.15) is 0 Å². The van der Waals surface area contributed by atoms with Crippen LogP contribution < -0.4 is 5.32 Å². The molecule has 1 fully saturated rings. The van der Waals surface area contributed by atoms with Crippen LogP contribution in [0.15, 0.2) is 24.3 Å². The summed E-state index contributed by atoms with van der Waals surface area (Å²) in [5, 5.41) is 21.4. The summed E-state index contributed by atoms with van der Waals surface area (Å²) < 4.78 is 18.6. The Kier molecular flexibility index (Phi) is 6.64. The molecule has 1 aliphatic carbocycles. The minimum atomic E-state index is -1.52. The molecule has 2 rings (SSSR count). The smallest absolute Gasteiger partial charge is 0.407 e. The van der Waals surface area contributed by atoms with Crippen LogP contribution in [0.25, 0.3) is 0 Å². The maximum absolute atomic E-state index is 13.3. The molecule has 1 aromatic carbocycles. The van der Waals surface area contributed by atoms with Crippen LogP contribution in [0.5, 0.6) is 0 Å². The number of halogens is 1. The summed E-state index contributed by atoms with van der Waals surface area (Å²) in [7, 11) is 0. The second kappa shape index (κ2) is 8.58. The maximum Gasteiger partial charge on any atom is 0.407 e. The zero-order valence-corrected chi connectivity index (χ0v) is 16.1. The molecular formula is C20H26FNO6. The molecule has 7 nitrogen and oxygen atoms in total. The normalized spacial score (nSPS) is 22.5. The quantitative estimate of drug-likeness (QED) is 0.659. The number of hydrogen-bond donors (Lipinski definition) is 3. The van der Waals surface area contributed by atoms with Crippen molar-refractivity contribution < 1.29 is 33.7 Å². The number of benzene rings is 1. The van der Waals surface area contributed by atoms with Crippen molar-refractivity contribution in [1.82, 2.24) is 5.32 Å². The van der Waals surface area contributed by atoms with Crippen molar-refractivity contribution in [2.75, 3.05) is 0 Å². The van der Waals surface area contributed by atoms with E-state index in [0.717, 1.165) is 0 Å². The third-order valence-corrected chi connectivity index (χ3v) is 4.89. The number of nitrogens with one attached hydrogen (secondary N) is 1. The molecule has 0 saturated heterocycles. The standard InChI is InChI=1S/C20H26FNO6/c1-20(2,3)28-19(27)22-15-9-6-12(16(17(23)24)18(25)26)10-14(15)11-4-7-13(21)8-5-11/h4-5,7-8,12,14-16H,6,9-10H2,1-3H3,(H,22,27)(H,23,24)(H,25,26)/t12-,14+,15-/m1/s1. The number of carbonyl (C=O) groups is 3. The van der Waals surface area contributed by atoms with Crippen LogP contribution in [0.2, 0.25) is 0 Å². The number of aliphatic carboxylic acids is 2. The number of carbonyl (C=O) groups excluding carboxylic acids is 1. The van der Waals surface area contributed by atoms with Gasteiger partial charge in [-0.05, 0) is 63.6 Å². The predicted molar refractivity (Wildman–Crippen MR) is 98.4 cm³/mol. The molecule has 0 unspecified atom stereocenters. The van der Waals surface area contributed by atoms with Gasteiger partial charge in [0.05, 0.1) is 0 Å². The highest BCUT2D eigenvalue weighted by atomic mass is 19.1. The third kappa shape index (κ3) is 5.68. The van der Waals surface area contributed by atoms with Gasteiger partial charge >= 0.3 is 18.0 Å². The lowest BCUT2D eigenvalue weighted by atomic mass is 9.70. The number of ether oxygens (including phenoxy) is 1. The van der Waals surface area contributed by atoms with Crippen molar-refractivity contribution in [3.05, 3.63) is 35.6 Å². The average Bonchev–Trinajstić information content (AvgIpc) is 2.54. The maximum atomic E-state index is 13.3. The van der Waals surface area contributed by atoms with Gasteiger partial charge in [-0.15, -0.1) is 0 Å². The lowest BCUT2D eigenvalue weighted by Crippen LogP contribution is -2.46. The topological polar surface area (TPSA) is 113 Å². The van der Waals surface area contributed by atoms with Gasteiger partial charge in [-0.25, -0.2) is 9.18 Å². The van der Waals surface area contributed by atoms with Gasteiger partial charge in [0.1, 0.15) is 11.4 Å². The van der Waals surface area contributed by atoms with Crippen molar-refractivity contribution >= 4 is 18.0 Å². The molecule has 3 atom stereocenters. The van der Waals surface area contributed by atoms with Crippen LogP contribution in [0.3, 0.4) is 0 Å². The van der Waals surface area contributed by atoms with Gasteiger partial charge in [0.15, 0.2) is 5.92 Å². The predicted octanol–water partition coefficient (Wildman–Crippen LogP) is 3.39. The summed E-state index contributed by atoms with van der Waals surface area (Å²) in [4.78, 5) is 35.1. The van der Waals surface area contributed by atoms with E-state index >= 15 is 0 Å². The Morgan fingerprint density at radius 1 is 1.11 bits per heavy atom. The Morgan fingerprint density at radius 2 is 1.68 bits per heavy atom. The molecule has 1 aliphatic rings. The van der Waals surface area contributed by atoms with Crippen LogP contribution in [0, 0.1) is 17.7 Å². The van der Waals surface area contributed by atoms with Crippen LogP contribution in [0.1, 0.15) is 51.5 Å². The van der Waals surface area contributed by atoms with Gasteiger partial charge in [0, 0.05) is 12.0 Å². The van der Waals surface area contributed by atoms with Gasteiger partial charge in [-0.1, -0.05) is 12.1 Å². The largest absolute Gasteiger partial charge is 0.481 e. The van der Waals surface area contributed by atoms with Gasteiger partial charge in [0.25, 0.3) is 0 Å². The summed E-state index contributed by atoms with van der Waals surface area (Å²) in [5.74, 6) is -5.65. The van der Waals surface area contributed by atoms with E-state index in [1.807, 2.05) is 0 Å². The summed E-state index contributed by atoms with van der Waals surface area (Å²) in [6.07, 6.45) is 0.371. The van der Waals surface area contributed by atoms with Gasteiger partial charge < -0.3 is 20.3 Å². The molecule has 0 bridgehead atoms. The van der Waals surface area contributed by atoms with Crippen LogP contribution in [-0.2, 0) is 14.3 Å². The highest BCUT2D eigenvalue weighted by molar-refractivity contribution is 5.93. The Hall–Kier alpha value is -2.64. The molecule has 0 heterocycles. The highest BCUT2D eigenvalue weighted by Gasteiger charge is 2.42. The second-order valence-corrected chi connectivity index (χ2v) is 8.14. The van der Waals surface area contributed by atoms with Crippen LogP contribution >= 0.6 is 0 Å².